The van der Waals surface area contributed by atoms with Crippen molar-refractivity contribution in [1.82, 2.24) is 4.72 Å². The third-order valence-electron chi connectivity index (χ3n) is 4.12. The number of hydrogen-bond donors (Lipinski definition) is 1. The van der Waals surface area contributed by atoms with Gasteiger partial charge < -0.3 is 14.1 Å². The molecule has 1 amide bonds. The van der Waals surface area contributed by atoms with Gasteiger partial charge in [-0.2, -0.15) is 13.2 Å². The molecule has 0 radical (unpaired) electrons. The first kappa shape index (κ1) is 20.7. The number of benzene rings is 2. The Labute approximate surface area is 166 Å². The van der Waals surface area contributed by atoms with Crippen LogP contribution >= 0.6 is 0 Å². The second-order valence-electron chi connectivity index (χ2n) is 6.26. The molecule has 6 nitrogen and oxygen atoms in total. The van der Waals surface area contributed by atoms with Crippen molar-refractivity contribution >= 4 is 33.5 Å². The van der Waals surface area contributed by atoms with Crippen LogP contribution in [0.4, 0.5) is 18.9 Å². The summed E-state index contributed by atoms with van der Waals surface area (Å²) in [7, 11) is 2.30. The Bertz CT molecular complexity index is 1090. The van der Waals surface area contributed by atoms with Gasteiger partial charge in [0, 0.05) is 31.2 Å². The number of carbonyl (C=O) groups excluding carboxylic acids is 1. The minimum absolute atomic E-state index is 0.173. The first-order chi connectivity index (χ1) is 13.6. The number of halogens is 3. The van der Waals surface area contributed by atoms with E-state index >= 15 is 0 Å². The zero-order valence-corrected chi connectivity index (χ0v) is 16.5. The van der Waals surface area contributed by atoms with Crippen LogP contribution in [0, 0.1) is 0 Å². The molecule has 3 aromatic rings. The van der Waals surface area contributed by atoms with Crippen LogP contribution in [-0.4, -0.2) is 31.3 Å². The summed E-state index contributed by atoms with van der Waals surface area (Å²) >= 11 is 0. The Kier molecular flexibility index (Phi) is 5.56. The van der Waals surface area contributed by atoms with Gasteiger partial charge in [-0.1, -0.05) is 6.07 Å². The van der Waals surface area contributed by atoms with Crippen molar-refractivity contribution in [1.29, 1.82) is 0 Å². The van der Waals surface area contributed by atoms with Gasteiger partial charge in [0.2, 0.25) is 0 Å². The summed E-state index contributed by atoms with van der Waals surface area (Å²) in [5, 5.41) is 0.625. The zero-order chi connectivity index (χ0) is 21.3. The second-order valence-corrected chi connectivity index (χ2v) is 7.41. The molecule has 0 saturated heterocycles. The van der Waals surface area contributed by atoms with Crippen molar-refractivity contribution < 1.29 is 31.3 Å². The summed E-state index contributed by atoms with van der Waals surface area (Å²) < 4.78 is 64.9. The van der Waals surface area contributed by atoms with Gasteiger partial charge in [0.05, 0.1) is 12.7 Å². The van der Waals surface area contributed by atoms with Gasteiger partial charge in [-0.25, -0.2) is 4.21 Å². The molecule has 1 aromatic heterocycles. The number of anilines is 1. The van der Waals surface area contributed by atoms with Gasteiger partial charge in [-0.05, 0) is 30.3 Å². The number of nitrogens with zero attached hydrogens (tertiary/aromatic N) is 1. The number of rotatable bonds is 5. The molecule has 2 aromatic carbocycles. The molecular weight excluding hydrogens is 409 g/mol. The predicted octanol–water partition coefficient (Wildman–Crippen LogP) is 3.98. The van der Waals surface area contributed by atoms with Crippen molar-refractivity contribution in [2.75, 3.05) is 26.1 Å². The topological polar surface area (TPSA) is 71.8 Å². The van der Waals surface area contributed by atoms with E-state index in [1.54, 1.807) is 12.1 Å². The molecule has 0 fully saturated rings. The third kappa shape index (κ3) is 4.21. The Balaban J connectivity index is 1.92. The molecule has 1 heterocycles. The average molecular weight is 426 g/mol. The van der Waals surface area contributed by atoms with E-state index in [2.05, 4.69) is 0 Å². The normalized spacial score (nSPS) is 12.6. The molecule has 0 aliphatic heterocycles. The van der Waals surface area contributed by atoms with E-state index in [9.17, 15) is 22.2 Å². The zero-order valence-electron chi connectivity index (χ0n) is 15.7. The van der Waals surface area contributed by atoms with Crippen molar-refractivity contribution in [3.8, 4) is 5.75 Å². The van der Waals surface area contributed by atoms with Crippen molar-refractivity contribution in [3.63, 3.8) is 0 Å². The first-order valence-corrected chi connectivity index (χ1v) is 9.44. The summed E-state index contributed by atoms with van der Waals surface area (Å²) in [6.45, 7) is 0. The highest BCUT2D eigenvalue weighted by Crippen LogP contribution is 2.37. The average Bonchev–Trinajstić information content (AvgIpc) is 3.09. The van der Waals surface area contributed by atoms with Crippen LogP contribution < -0.4 is 14.4 Å². The molecule has 0 aliphatic carbocycles. The van der Waals surface area contributed by atoms with Gasteiger partial charge in [-0.15, -0.1) is 0 Å². The lowest BCUT2D eigenvalue weighted by Crippen LogP contribution is -2.27. The molecule has 1 N–H and O–H groups in total. The Morgan fingerprint density at radius 2 is 1.90 bits per heavy atom. The van der Waals surface area contributed by atoms with E-state index in [0.29, 0.717) is 11.0 Å². The monoisotopic (exact) mass is 426 g/mol. The highest BCUT2D eigenvalue weighted by Gasteiger charge is 2.37. The maximum atomic E-state index is 13.3. The van der Waals surface area contributed by atoms with Gasteiger partial charge >= 0.3 is 6.18 Å². The molecule has 29 heavy (non-hydrogen) atoms. The first-order valence-electron chi connectivity index (χ1n) is 8.29. The van der Waals surface area contributed by atoms with E-state index in [1.807, 2.05) is 29.8 Å². The SMILES string of the molecule is COc1cccc(C(F)(F)F)c1S(=O)NC(=O)c1cc2ccc(N(C)C)cc2o1. The smallest absolute Gasteiger partial charge is 0.417 e. The fourth-order valence-electron chi connectivity index (χ4n) is 2.69. The van der Waals surface area contributed by atoms with Gasteiger partial charge in [0.15, 0.2) is 16.7 Å². The molecule has 154 valence electrons. The van der Waals surface area contributed by atoms with Crippen molar-refractivity contribution in [3.05, 3.63) is 53.8 Å². The Morgan fingerprint density at radius 1 is 1.17 bits per heavy atom. The van der Waals surface area contributed by atoms with E-state index in [-0.39, 0.29) is 11.5 Å². The quantitative estimate of drug-likeness (QED) is 0.668. The maximum Gasteiger partial charge on any atom is 0.417 e. The lowest BCUT2D eigenvalue weighted by atomic mass is 10.2. The van der Waals surface area contributed by atoms with Crippen LogP contribution in [0.5, 0.6) is 5.75 Å². The lowest BCUT2D eigenvalue weighted by Gasteiger charge is -2.15. The Morgan fingerprint density at radius 3 is 2.52 bits per heavy atom. The number of alkyl halides is 3. The molecule has 3 rings (SSSR count). The summed E-state index contributed by atoms with van der Waals surface area (Å²) in [5.41, 5.74) is 0.0994. The lowest BCUT2D eigenvalue weighted by molar-refractivity contribution is -0.140. The van der Waals surface area contributed by atoms with Crippen LogP contribution in [0.15, 0.2) is 51.8 Å². The maximum absolute atomic E-state index is 13.3. The summed E-state index contributed by atoms with van der Waals surface area (Å²) in [6, 6.07) is 9.83. The van der Waals surface area contributed by atoms with Crippen molar-refractivity contribution in [2.45, 2.75) is 11.1 Å². The molecule has 0 bridgehead atoms. The number of amides is 1. The van der Waals surface area contributed by atoms with Crippen LogP contribution in [0.25, 0.3) is 11.0 Å². The van der Waals surface area contributed by atoms with Crippen LogP contribution in [0.2, 0.25) is 0 Å². The number of furan rings is 1. The second kappa shape index (κ2) is 7.78. The van der Waals surface area contributed by atoms with E-state index in [0.717, 1.165) is 24.9 Å². The van der Waals surface area contributed by atoms with E-state index in [4.69, 9.17) is 9.15 Å². The Hall–Kier alpha value is -3.01. The van der Waals surface area contributed by atoms with Gasteiger partial charge in [-0.3, -0.25) is 9.52 Å². The number of fused-ring (bicyclic) bond motifs is 1. The number of ether oxygens (including phenoxy) is 1. The molecule has 10 heteroatoms. The highest BCUT2D eigenvalue weighted by atomic mass is 32.2. The number of methoxy groups -OCH3 is 1. The largest absolute Gasteiger partial charge is 0.495 e. The van der Waals surface area contributed by atoms with Crippen LogP contribution in [0.3, 0.4) is 0 Å². The number of hydrogen-bond acceptors (Lipinski definition) is 5. The summed E-state index contributed by atoms with van der Waals surface area (Å²) in [5.74, 6) is -1.34. The minimum Gasteiger partial charge on any atom is -0.495 e. The van der Waals surface area contributed by atoms with Gasteiger partial charge in [0.25, 0.3) is 5.91 Å². The third-order valence-corrected chi connectivity index (χ3v) is 5.28. The minimum atomic E-state index is -4.77. The van der Waals surface area contributed by atoms with Gasteiger partial charge in [0.1, 0.15) is 16.2 Å². The highest BCUT2D eigenvalue weighted by molar-refractivity contribution is 7.83. The number of nitrogens with one attached hydrogen (secondary N) is 1. The van der Waals surface area contributed by atoms with Crippen LogP contribution in [-0.2, 0) is 17.2 Å². The predicted molar refractivity (Wildman–Crippen MR) is 102 cm³/mol. The fourth-order valence-corrected chi connectivity index (χ4v) is 3.78. The molecular formula is C19H17F3N2O4S. The molecule has 1 unspecified atom stereocenters. The molecule has 0 saturated carbocycles. The number of carbonyl (C=O) groups is 1. The summed E-state index contributed by atoms with van der Waals surface area (Å²) in [4.78, 5) is 13.6. The molecule has 0 spiro atoms. The molecule has 1 atom stereocenters. The van der Waals surface area contributed by atoms with E-state index < -0.39 is 33.5 Å². The standard InChI is InChI=1S/C19H17F3N2O4S/c1-24(2)12-8-7-11-9-16(28-15(11)10-12)18(25)23-29(26)17-13(19(20,21)22)5-4-6-14(17)27-3/h4-10H,1-3H3,(H,23,25). The van der Waals surface area contributed by atoms with Crippen LogP contribution in [0.1, 0.15) is 16.1 Å². The van der Waals surface area contributed by atoms with Crippen molar-refractivity contribution in [2.24, 2.45) is 0 Å². The summed E-state index contributed by atoms with van der Waals surface area (Å²) in [6.07, 6.45) is -4.77. The van der Waals surface area contributed by atoms with E-state index in [1.165, 1.54) is 12.1 Å². The fraction of sp³-hybridized carbons (Fsp3) is 0.211. The molecule has 0 aliphatic rings.